The molecule has 25 heavy (non-hydrogen) atoms. The van der Waals surface area contributed by atoms with Gasteiger partial charge in [-0.05, 0) is 24.1 Å². The fourth-order valence-corrected chi connectivity index (χ4v) is 4.92. The number of nitrogens with zero attached hydrogens (tertiary/aromatic N) is 4. The zero-order chi connectivity index (χ0) is 17.6. The van der Waals surface area contributed by atoms with Gasteiger partial charge in [-0.15, -0.1) is 0 Å². The Morgan fingerprint density at radius 2 is 2.00 bits per heavy atom. The number of sulfone groups is 1. The van der Waals surface area contributed by atoms with Gasteiger partial charge in [-0.25, -0.2) is 18.1 Å². The molecule has 1 saturated heterocycles. The molecule has 9 heteroatoms. The number of fused-ring (bicyclic) bond motifs is 1. The van der Waals surface area contributed by atoms with Crippen LogP contribution < -0.4 is 5.56 Å². The largest absolute Gasteiger partial charge is 0.294 e. The maximum atomic E-state index is 12.7. The fourth-order valence-electron chi connectivity index (χ4n) is 3.10. The first-order chi connectivity index (χ1) is 11.9. The van der Waals surface area contributed by atoms with Gasteiger partial charge in [0.05, 0.1) is 30.3 Å². The van der Waals surface area contributed by atoms with Gasteiger partial charge in [0.2, 0.25) is 0 Å². The van der Waals surface area contributed by atoms with Gasteiger partial charge in [-0.1, -0.05) is 23.7 Å². The van der Waals surface area contributed by atoms with Gasteiger partial charge >= 0.3 is 0 Å². The van der Waals surface area contributed by atoms with Crippen LogP contribution in [0.15, 0.2) is 41.6 Å². The molecule has 1 aliphatic heterocycles. The first-order valence-corrected chi connectivity index (χ1v) is 10.0. The first kappa shape index (κ1) is 16.3. The van der Waals surface area contributed by atoms with E-state index in [4.69, 9.17) is 11.6 Å². The second-order valence-corrected chi connectivity index (χ2v) is 8.85. The van der Waals surface area contributed by atoms with E-state index in [1.807, 2.05) is 12.1 Å². The summed E-state index contributed by atoms with van der Waals surface area (Å²) in [6.45, 7) is 0.377. The summed E-state index contributed by atoms with van der Waals surface area (Å²) in [4.78, 5) is 17.0. The minimum absolute atomic E-state index is 0.0410. The topological polar surface area (TPSA) is 86.8 Å². The van der Waals surface area contributed by atoms with Gasteiger partial charge in [-0.2, -0.15) is 5.10 Å². The molecule has 1 atom stereocenters. The molecule has 2 aromatic heterocycles. The van der Waals surface area contributed by atoms with E-state index in [9.17, 15) is 13.2 Å². The number of benzene rings is 1. The SMILES string of the molecule is O=c1c2cnn(C3CCS(=O)(=O)C3)c2ncn1Cc1ccc(Cl)cc1. The number of hydrogen-bond donors (Lipinski definition) is 0. The van der Waals surface area contributed by atoms with Crippen LogP contribution in [0, 0.1) is 0 Å². The van der Waals surface area contributed by atoms with Crippen LogP contribution in [0.5, 0.6) is 0 Å². The molecule has 7 nitrogen and oxygen atoms in total. The molecule has 3 aromatic rings. The van der Waals surface area contributed by atoms with E-state index in [0.29, 0.717) is 29.0 Å². The maximum absolute atomic E-state index is 12.7. The van der Waals surface area contributed by atoms with E-state index < -0.39 is 9.84 Å². The molecular weight excluding hydrogens is 364 g/mol. The van der Waals surface area contributed by atoms with Crippen molar-refractivity contribution in [3.8, 4) is 0 Å². The van der Waals surface area contributed by atoms with E-state index >= 15 is 0 Å². The van der Waals surface area contributed by atoms with Crippen molar-refractivity contribution in [2.24, 2.45) is 0 Å². The molecule has 0 radical (unpaired) electrons. The van der Waals surface area contributed by atoms with E-state index in [1.165, 1.54) is 17.1 Å². The molecule has 1 aliphatic rings. The third kappa shape index (κ3) is 3.07. The lowest BCUT2D eigenvalue weighted by atomic mass is 10.2. The van der Waals surface area contributed by atoms with Crippen LogP contribution in [-0.2, 0) is 16.4 Å². The van der Waals surface area contributed by atoms with Crippen molar-refractivity contribution in [2.75, 3.05) is 11.5 Å². The van der Waals surface area contributed by atoms with Gasteiger partial charge in [0.25, 0.3) is 5.56 Å². The predicted octanol–water partition coefficient (Wildman–Crippen LogP) is 1.65. The highest BCUT2D eigenvalue weighted by Crippen LogP contribution is 2.25. The van der Waals surface area contributed by atoms with Crippen LogP contribution in [0.3, 0.4) is 0 Å². The number of aromatic nitrogens is 4. The summed E-state index contributed by atoms with van der Waals surface area (Å²) in [6, 6.07) is 6.98. The molecule has 1 aromatic carbocycles. The lowest BCUT2D eigenvalue weighted by Gasteiger charge is -2.10. The van der Waals surface area contributed by atoms with Gasteiger partial charge in [0.1, 0.15) is 11.7 Å². The van der Waals surface area contributed by atoms with Gasteiger partial charge in [-0.3, -0.25) is 9.36 Å². The monoisotopic (exact) mass is 378 g/mol. The molecule has 0 aliphatic carbocycles. The molecule has 4 rings (SSSR count). The van der Waals surface area contributed by atoms with E-state index in [1.54, 1.807) is 16.8 Å². The quantitative estimate of drug-likeness (QED) is 0.691. The summed E-state index contributed by atoms with van der Waals surface area (Å²) < 4.78 is 26.4. The van der Waals surface area contributed by atoms with Gasteiger partial charge in [0, 0.05) is 5.02 Å². The lowest BCUT2D eigenvalue weighted by Crippen LogP contribution is -2.21. The summed E-state index contributed by atoms with van der Waals surface area (Å²) in [6.07, 6.45) is 3.43. The van der Waals surface area contributed by atoms with Crippen molar-refractivity contribution in [3.05, 3.63) is 57.7 Å². The van der Waals surface area contributed by atoms with E-state index in [2.05, 4.69) is 10.1 Å². The Morgan fingerprint density at radius 3 is 2.68 bits per heavy atom. The molecule has 0 saturated carbocycles. The van der Waals surface area contributed by atoms with Crippen molar-refractivity contribution < 1.29 is 8.42 Å². The molecule has 0 N–H and O–H groups in total. The van der Waals surface area contributed by atoms with Crippen LogP contribution in [0.1, 0.15) is 18.0 Å². The van der Waals surface area contributed by atoms with Gasteiger partial charge < -0.3 is 0 Å². The molecular formula is C16H15ClN4O3S. The van der Waals surface area contributed by atoms with Crippen molar-refractivity contribution in [3.63, 3.8) is 0 Å². The zero-order valence-corrected chi connectivity index (χ0v) is 14.7. The Morgan fingerprint density at radius 1 is 1.24 bits per heavy atom. The summed E-state index contributed by atoms with van der Waals surface area (Å²) in [5.41, 5.74) is 1.16. The molecule has 130 valence electrons. The number of hydrogen-bond acceptors (Lipinski definition) is 5. The van der Waals surface area contributed by atoms with Gasteiger partial charge in [0.15, 0.2) is 15.5 Å². The molecule has 0 amide bonds. The Hall–Kier alpha value is -2.19. The molecule has 1 fully saturated rings. The van der Waals surface area contributed by atoms with Crippen LogP contribution in [0.2, 0.25) is 5.02 Å². The van der Waals surface area contributed by atoms with E-state index in [0.717, 1.165) is 5.56 Å². The maximum Gasteiger partial charge on any atom is 0.264 e. The summed E-state index contributed by atoms with van der Waals surface area (Å²) in [7, 11) is -3.04. The first-order valence-electron chi connectivity index (χ1n) is 7.80. The smallest absolute Gasteiger partial charge is 0.264 e. The van der Waals surface area contributed by atoms with Crippen molar-refractivity contribution in [1.29, 1.82) is 0 Å². The highest BCUT2D eigenvalue weighted by molar-refractivity contribution is 7.91. The average Bonchev–Trinajstić information content (AvgIpc) is 3.15. The number of rotatable bonds is 3. The Labute approximate surface area is 148 Å². The average molecular weight is 379 g/mol. The van der Waals surface area contributed by atoms with E-state index in [-0.39, 0.29) is 23.1 Å². The summed E-state index contributed by atoms with van der Waals surface area (Å²) in [5, 5.41) is 5.25. The third-order valence-corrected chi connectivity index (χ3v) is 6.40. The van der Waals surface area contributed by atoms with Crippen molar-refractivity contribution in [1.82, 2.24) is 19.3 Å². The highest BCUT2D eigenvalue weighted by Gasteiger charge is 2.31. The Bertz CT molecular complexity index is 1100. The highest BCUT2D eigenvalue weighted by atomic mass is 35.5. The molecule has 0 bridgehead atoms. The van der Waals surface area contributed by atoms with Crippen molar-refractivity contribution >= 4 is 32.5 Å². The predicted molar refractivity (Wildman–Crippen MR) is 94.6 cm³/mol. The second kappa shape index (κ2) is 5.96. The molecule has 3 heterocycles. The standard InChI is InChI=1S/C16H15ClN4O3S/c17-12-3-1-11(2-4-12)8-20-10-18-15-14(16(20)22)7-19-21(15)13-5-6-25(23,24)9-13/h1-4,7,10,13H,5-6,8-9H2. The van der Waals surface area contributed by atoms with Crippen LogP contribution in [0.25, 0.3) is 11.0 Å². The fraction of sp³-hybridized carbons (Fsp3) is 0.312. The van der Waals surface area contributed by atoms with Crippen molar-refractivity contribution in [2.45, 2.75) is 19.0 Å². The molecule has 0 spiro atoms. The lowest BCUT2D eigenvalue weighted by molar-refractivity contribution is 0.511. The summed E-state index contributed by atoms with van der Waals surface area (Å²) in [5.74, 6) is 0.186. The number of halogens is 1. The Balaban J connectivity index is 1.70. The summed E-state index contributed by atoms with van der Waals surface area (Å²) >= 11 is 5.87. The van der Waals surface area contributed by atoms with Crippen LogP contribution in [-0.4, -0.2) is 39.3 Å². The molecule has 1 unspecified atom stereocenters. The van der Waals surface area contributed by atoms with Crippen LogP contribution >= 0.6 is 11.6 Å². The van der Waals surface area contributed by atoms with Crippen LogP contribution in [0.4, 0.5) is 0 Å². The Kier molecular flexibility index (Phi) is 3.88. The second-order valence-electron chi connectivity index (χ2n) is 6.19. The minimum Gasteiger partial charge on any atom is -0.294 e. The zero-order valence-electron chi connectivity index (χ0n) is 13.2. The third-order valence-electron chi connectivity index (χ3n) is 4.40. The normalized spacial score (nSPS) is 19.5. The minimum atomic E-state index is -3.04.